The van der Waals surface area contributed by atoms with Crippen molar-refractivity contribution in [3.8, 4) is 0 Å². The Morgan fingerprint density at radius 1 is 1.47 bits per heavy atom. The van der Waals surface area contributed by atoms with Crippen LogP contribution in [0.4, 0.5) is 4.79 Å². The number of rotatable bonds is 4. The van der Waals surface area contributed by atoms with Crippen molar-refractivity contribution in [1.82, 2.24) is 10.6 Å². The van der Waals surface area contributed by atoms with E-state index in [9.17, 15) is 4.79 Å². The molecular formula is C13H17ClN2O. The Kier molecular flexibility index (Phi) is 4.58. The maximum atomic E-state index is 11.6. The first-order valence-corrected chi connectivity index (χ1v) is 5.77. The average Bonchev–Trinajstić information content (AvgIpc) is 2.26. The van der Waals surface area contributed by atoms with E-state index in [4.69, 9.17) is 11.6 Å². The molecule has 0 radical (unpaired) electrons. The molecule has 0 bridgehead atoms. The summed E-state index contributed by atoms with van der Waals surface area (Å²) in [6.45, 7) is 7.78. The molecule has 0 spiro atoms. The van der Waals surface area contributed by atoms with Gasteiger partial charge < -0.3 is 10.6 Å². The summed E-state index contributed by atoms with van der Waals surface area (Å²) in [4.78, 5) is 11.6. The van der Waals surface area contributed by atoms with E-state index in [0.717, 1.165) is 5.56 Å². The van der Waals surface area contributed by atoms with Crippen molar-refractivity contribution in [1.29, 1.82) is 0 Å². The molecular weight excluding hydrogens is 236 g/mol. The Morgan fingerprint density at radius 2 is 2.12 bits per heavy atom. The van der Waals surface area contributed by atoms with Crippen molar-refractivity contribution < 1.29 is 4.79 Å². The zero-order chi connectivity index (χ0) is 12.9. The van der Waals surface area contributed by atoms with Gasteiger partial charge in [0.05, 0.1) is 5.54 Å². The summed E-state index contributed by atoms with van der Waals surface area (Å²) in [7, 11) is 0. The zero-order valence-corrected chi connectivity index (χ0v) is 10.8. The Bertz CT molecular complexity index is 416. The van der Waals surface area contributed by atoms with Crippen molar-refractivity contribution in [3.63, 3.8) is 0 Å². The van der Waals surface area contributed by atoms with Gasteiger partial charge in [-0.05, 0) is 25.5 Å². The molecule has 0 aromatic heterocycles. The van der Waals surface area contributed by atoms with E-state index in [2.05, 4.69) is 17.2 Å². The summed E-state index contributed by atoms with van der Waals surface area (Å²) < 4.78 is 0. The topological polar surface area (TPSA) is 41.1 Å². The van der Waals surface area contributed by atoms with Gasteiger partial charge in [0.25, 0.3) is 0 Å². The Labute approximate surface area is 107 Å². The van der Waals surface area contributed by atoms with Crippen LogP contribution >= 0.6 is 11.6 Å². The SMILES string of the molecule is C=CCNC(=O)NC(C)(C)c1ccccc1Cl. The molecule has 2 N–H and O–H groups in total. The van der Waals surface area contributed by atoms with Crippen LogP contribution < -0.4 is 10.6 Å². The van der Waals surface area contributed by atoms with Gasteiger partial charge >= 0.3 is 6.03 Å². The van der Waals surface area contributed by atoms with Crippen LogP contribution in [-0.4, -0.2) is 12.6 Å². The van der Waals surface area contributed by atoms with Crippen LogP contribution in [0, 0.1) is 0 Å². The second-order valence-electron chi connectivity index (χ2n) is 4.23. The van der Waals surface area contributed by atoms with Gasteiger partial charge in [0, 0.05) is 11.6 Å². The minimum atomic E-state index is -0.524. The van der Waals surface area contributed by atoms with Gasteiger partial charge in [-0.15, -0.1) is 6.58 Å². The van der Waals surface area contributed by atoms with E-state index in [0.29, 0.717) is 11.6 Å². The Hall–Kier alpha value is -1.48. The molecule has 0 saturated heterocycles. The van der Waals surface area contributed by atoms with E-state index in [1.54, 1.807) is 6.08 Å². The first-order chi connectivity index (χ1) is 7.97. The first kappa shape index (κ1) is 13.6. The summed E-state index contributed by atoms with van der Waals surface area (Å²) in [6, 6.07) is 7.22. The lowest BCUT2D eigenvalue weighted by Gasteiger charge is -2.27. The van der Waals surface area contributed by atoms with Crippen molar-refractivity contribution in [2.75, 3.05) is 6.54 Å². The molecule has 0 aliphatic rings. The lowest BCUT2D eigenvalue weighted by molar-refractivity contribution is 0.231. The third-order valence-electron chi connectivity index (χ3n) is 2.38. The largest absolute Gasteiger partial charge is 0.335 e. The van der Waals surface area contributed by atoms with Crippen molar-refractivity contribution in [3.05, 3.63) is 47.5 Å². The van der Waals surface area contributed by atoms with Gasteiger partial charge in [-0.25, -0.2) is 4.79 Å². The van der Waals surface area contributed by atoms with Gasteiger partial charge in [-0.1, -0.05) is 35.9 Å². The molecule has 17 heavy (non-hydrogen) atoms. The highest BCUT2D eigenvalue weighted by Gasteiger charge is 2.24. The second kappa shape index (κ2) is 5.73. The monoisotopic (exact) mass is 252 g/mol. The van der Waals surface area contributed by atoms with Crippen LogP contribution in [0.5, 0.6) is 0 Å². The fourth-order valence-electron chi connectivity index (χ4n) is 1.53. The van der Waals surface area contributed by atoms with E-state index in [1.165, 1.54) is 0 Å². The molecule has 1 aromatic rings. The molecule has 92 valence electrons. The highest BCUT2D eigenvalue weighted by Crippen LogP contribution is 2.27. The zero-order valence-electron chi connectivity index (χ0n) is 10.1. The normalized spacial score (nSPS) is 10.8. The van der Waals surface area contributed by atoms with Crippen LogP contribution in [0.3, 0.4) is 0 Å². The summed E-state index contributed by atoms with van der Waals surface area (Å²) >= 11 is 6.11. The standard InChI is InChI=1S/C13H17ClN2O/c1-4-9-15-12(17)16-13(2,3)10-7-5-6-8-11(10)14/h4-8H,1,9H2,2-3H3,(H2,15,16,17). The van der Waals surface area contributed by atoms with Crippen molar-refractivity contribution in [2.24, 2.45) is 0 Å². The maximum Gasteiger partial charge on any atom is 0.315 e. The first-order valence-electron chi connectivity index (χ1n) is 5.39. The Morgan fingerprint density at radius 3 is 2.71 bits per heavy atom. The number of nitrogens with one attached hydrogen (secondary N) is 2. The summed E-state index contributed by atoms with van der Waals surface area (Å²) in [5.41, 5.74) is 0.360. The quantitative estimate of drug-likeness (QED) is 0.795. The van der Waals surface area contributed by atoms with Crippen LogP contribution in [-0.2, 0) is 5.54 Å². The fraction of sp³-hybridized carbons (Fsp3) is 0.308. The lowest BCUT2D eigenvalue weighted by atomic mass is 9.94. The van der Waals surface area contributed by atoms with E-state index < -0.39 is 5.54 Å². The molecule has 0 fully saturated rings. The molecule has 0 heterocycles. The van der Waals surface area contributed by atoms with Crippen LogP contribution in [0.2, 0.25) is 5.02 Å². The molecule has 0 unspecified atom stereocenters. The molecule has 4 heteroatoms. The van der Waals surface area contributed by atoms with Gasteiger partial charge in [0.2, 0.25) is 0 Å². The predicted molar refractivity (Wildman–Crippen MR) is 71.2 cm³/mol. The Balaban J connectivity index is 2.78. The van der Waals surface area contributed by atoms with E-state index >= 15 is 0 Å². The van der Waals surface area contributed by atoms with Gasteiger partial charge in [-0.2, -0.15) is 0 Å². The van der Waals surface area contributed by atoms with Gasteiger partial charge in [-0.3, -0.25) is 0 Å². The number of carbonyl (C=O) groups excluding carboxylic acids is 1. The number of hydrogen-bond acceptors (Lipinski definition) is 1. The third-order valence-corrected chi connectivity index (χ3v) is 2.71. The molecule has 0 aliphatic heterocycles. The number of urea groups is 1. The van der Waals surface area contributed by atoms with E-state index in [-0.39, 0.29) is 6.03 Å². The summed E-state index contributed by atoms with van der Waals surface area (Å²) in [5.74, 6) is 0. The van der Waals surface area contributed by atoms with Crippen molar-refractivity contribution >= 4 is 17.6 Å². The minimum Gasteiger partial charge on any atom is -0.335 e. The number of carbonyl (C=O) groups is 1. The molecule has 1 aromatic carbocycles. The highest BCUT2D eigenvalue weighted by molar-refractivity contribution is 6.31. The van der Waals surface area contributed by atoms with Gasteiger partial charge in [0.15, 0.2) is 0 Å². The lowest BCUT2D eigenvalue weighted by Crippen LogP contribution is -2.46. The average molecular weight is 253 g/mol. The number of hydrogen-bond donors (Lipinski definition) is 2. The van der Waals surface area contributed by atoms with Gasteiger partial charge in [0.1, 0.15) is 0 Å². The number of halogens is 1. The maximum absolute atomic E-state index is 11.6. The highest BCUT2D eigenvalue weighted by atomic mass is 35.5. The molecule has 2 amide bonds. The third kappa shape index (κ3) is 3.79. The molecule has 0 atom stereocenters. The molecule has 0 saturated carbocycles. The number of benzene rings is 1. The minimum absolute atomic E-state index is 0.241. The van der Waals surface area contributed by atoms with Crippen LogP contribution in [0.25, 0.3) is 0 Å². The molecule has 1 rings (SSSR count). The summed E-state index contributed by atoms with van der Waals surface area (Å²) in [5, 5.41) is 6.17. The molecule has 0 aliphatic carbocycles. The molecule has 3 nitrogen and oxygen atoms in total. The number of amides is 2. The predicted octanol–water partition coefficient (Wildman–Crippen LogP) is 3.06. The fourth-order valence-corrected chi connectivity index (χ4v) is 1.90. The van der Waals surface area contributed by atoms with Crippen LogP contribution in [0.15, 0.2) is 36.9 Å². The van der Waals surface area contributed by atoms with E-state index in [1.807, 2.05) is 38.1 Å². The smallest absolute Gasteiger partial charge is 0.315 e. The van der Waals surface area contributed by atoms with Crippen LogP contribution in [0.1, 0.15) is 19.4 Å². The summed E-state index contributed by atoms with van der Waals surface area (Å²) in [6.07, 6.45) is 1.63. The second-order valence-corrected chi connectivity index (χ2v) is 4.64. The van der Waals surface area contributed by atoms with Crippen molar-refractivity contribution in [2.45, 2.75) is 19.4 Å².